The summed E-state index contributed by atoms with van der Waals surface area (Å²) in [6.45, 7) is 0. The van der Waals surface area contributed by atoms with Gasteiger partial charge in [-0.3, -0.25) is 14.2 Å². The second-order valence-corrected chi connectivity index (χ2v) is 7.82. The van der Waals surface area contributed by atoms with Crippen LogP contribution in [-0.4, -0.2) is 26.2 Å². The fraction of sp³-hybridized carbons (Fsp3) is 0.263. The van der Waals surface area contributed by atoms with Crippen LogP contribution in [0.2, 0.25) is 5.02 Å². The van der Waals surface area contributed by atoms with E-state index in [0.717, 1.165) is 48.7 Å². The standard InChI is InChI=1S/C19H17ClN4O2S/c20-12-5-3-6-13(9-12)24-18(26)14-8-11-4-1-2-7-15(11)22-17(14)23-19(24)27-10-16(21)25/h3,5-6,8-9H,1-2,4,7,10H2,(H2,21,25). The fourth-order valence-corrected chi connectivity index (χ4v) is 4.21. The number of carbonyl (C=O) groups excluding carboxylic acids is 1. The number of benzene rings is 1. The van der Waals surface area contributed by atoms with Crippen LogP contribution in [0.15, 0.2) is 40.3 Å². The lowest BCUT2D eigenvalue weighted by Gasteiger charge is -2.17. The van der Waals surface area contributed by atoms with Gasteiger partial charge in [0.25, 0.3) is 5.56 Å². The SMILES string of the molecule is NC(=O)CSc1nc2nc3c(cc2c(=O)n1-c1cccc(Cl)c1)CCCC3. The highest BCUT2D eigenvalue weighted by molar-refractivity contribution is 7.99. The second-order valence-electron chi connectivity index (χ2n) is 6.44. The minimum absolute atomic E-state index is 0.0173. The predicted octanol–water partition coefficient (Wildman–Crippen LogP) is 2.89. The second kappa shape index (κ2) is 7.32. The normalized spacial score (nSPS) is 13.5. The molecule has 1 aromatic carbocycles. The number of hydrogen-bond donors (Lipinski definition) is 1. The molecule has 27 heavy (non-hydrogen) atoms. The van der Waals surface area contributed by atoms with Gasteiger partial charge in [-0.1, -0.05) is 29.4 Å². The molecule has 2 aromatic heterocycles. The van der Waals surface area contributed by atoms with Crippen LogP contribution in [0.25, 0.3) is 16.7 Å². The van der Waals surface area contributed by atoms with E-state index in [1.54, 1.807) is 24.3 Å². The van der Waals surface area contributed by atoms with Gasteiger partial charge in [-0.05, 0) is 55.5 Å². The Kier molecular flexibility index (Phi) is 4.88. The lowest BCUT2D eigenvalue weighted by atomic mass is 9.95. The highest BCUT2D eigenvalue weighted by atomic mass is 35.5. The zero-order valence-corrected chi connectivity index (χ0v) is 16.0. The summed E-state index contributed by atoms with van der Waals surface area (Å²) >= 11 is 7.23. The van der Waals surface area contributed by atoms with Gasteiger partial charge < -0.3 is 5.73 Å². The van der Waals surface area contributed by atoms with Crippen molar-refractivity contribution < 1.29 is 4.79 Å². The Morgan fingerprint density at radius 2 is 2.04 bits per heavy atom. The molecule has 0 fully saturated rings. The molecule has 2 heterocycles. The number of fused-ring (bicyclic) bond motifs is 2. The summed E-state index contributed by atoms with van der Waals surface area (Å²) in [5.74, 6) is -0.464. The van der Waals surface area contributed by atoms with Crippen molar-refractivity contribution in [1.29, 1.82) is 0 Å². The van der Waals surface area contributed by atoms with E-state index in [1.807, 2.05) is 6.07 Å². The summed E-state index contributed by atoms with van der Waals surface area (Å²) < 4.78 is 1.47. The first-order chi connectivity index (χ1) is 13.0. The maximum Gasteiger partial charge on any atom is 0.268 e. The topological polar surface area (TPSA) is 90.9 Å². The summed E-state index contributed by atoms with van der Waals surface area (Å²) in [4.78, 5) is 33.8. The summed E-state index contributed by atoms with van der Waals surface area (Å²) in [6, 6.07) is 8.88. The highest BCUT2D eigenvalue weighted by Crippen LogP contribution is 2.25. The van der Waals surface area contributed by atoms with E-state index >= 15 is 0 Å². The molecule has 1 amide bonds. The van der Waals surface area contributed by atoms with Gasteiger partial charge in [0.1, 0.15) is 0 Å². The van der Waals surface area contributed by atoms with Gasteiger partial charge in [-0.2, -0.15) is 0 Å². The van der Waals surface area contributed by atoms with Crippen molar-refractivity contribution in [2.75, 3.05) is 5.75 Å². The third kappa shape index (κ3) is 3.57. The van der Waals surface area contributed by atoms with Crippen molar-refractivity contribution in [1.82, 2.24) is 14.5 Å². The van der Waals surface area contributed by atoms with Gasteiger partial charge in [0.2, 0.25) is 5.91 Å². The maximum atomic E-state index is 13.3. The minimum atomic E-state index is -0.481. The molecular formula is C19H17ClN4O2S. The highest BCUT2D eigenvalue weighted by Gasteiger charge is 2.19. The largest absolute Gasteiger partial charge is 0.369 e. The van der Waals surface area contributed by atoms with Gasteiger partial charge in [0, 0.05) is 10.7 Å². The minimum Gasteiger partial charge on any atom is -0.369 e. The first kappa shape index (κ1) is 18.0. The molecule has 138 valence electrons. The first-order valence-electron chi connectivity index (χ1n) is 8.65. The van der Waals surface area contributed by atoms with Crippen molar-refractivity contribution in [3.63, 3.8) is 0 Å². The third-order valence-corrected chi connectivity index (χ3v) is 5.71. The molecular weight excluding hydrogens is 384 g/mol. The number of pyridine rings is 1. The molecule has 0 aliphatic heterocycles. The molecule has 0 unspecified atom stereocenters. The van der Waals surface area contributed by atoms with E-state index in [1.165, 1.54) is 4.57 Å². The van der Waals surface area contributed by atoms with Crippen LogP contribution in [0.3, 0.4) is 0 Å². The number of nitrogens with two attached hydrogens (primary N) is 1. The third-order valence-electron chi connectivity index (χ3n) is 4.52. The average molecular weight is 401 g/mol. The van der Waals surface area contributed by atoms with Crippen LogP contribution in [0, 0.1) is 0 Å². The van der Waals surface area contributed by atoms with Crippen molar-refractivity contribution >= 4 is 40.3 Å². The van der Waals surface area contributed by atoms with Crippen LogP contribution in [-0.2, 0) is 17.6 Å². The summed E-state index contributed by atoms with van der Waals surface area (Å²) in [7, 11) is 0. The average Bonchev–Trinajstić information content (AvgIpc) is 2.65. The Morgan fingerprint density at radius 1 is 1.22 bits per heavy atom. The van der Waals surface area contributed by atoms with Gasteiger partial charge in [-0.15, -0.1) is 0 Å². The Morgan fingerprint density at radius 3 is 2.81 bits per heavy atom. The number of primary amides is 1. The lowest BCUT2D eigenvalue weighted by molar-refractivity contribution is -0.115. The molecule has 6 nitrogen and oxygen atoms in total. The van der Waals surface area contributed by atoms with Crippen LogP contribution in [0.4, 0.5) is 0 Å². The molecule has 0 radical (unpaired) electrons. The molecule has 3 aromatic rings. The number of hydrogen-bond acceptors (Lipinski definition) is 5. The van der Waals surface area contributed by atoms with Crippen molar-refractivity contribution in [3.8, 4) is 5.69 Å². The van der Waals surface area contributed by atoms with Crippen molar-refractivity contribution in [2.45, 2.75) is 30.8 Å². The first-order valence-corrected chi connectivity index (χ1v) is 10.0. The van der Waals surface area contributed by atoms with Crippen LogP contribution < -0.4 is 11.3 Å². The maximum absolute atomic E-state index is 13.3. The van der Waals surface area contributed by atoms with E-state index < -0.39 is 5.91 Å². The Labute approximate surface area is 164 Å². The van der Waals surface area contributed by atoms with E-state index in [9.17, 15) is 9.59 Å². The number of aryl methyl sites for hydroxylation is 2. The number of nitrogens with zero attached hydrogens (tertiary/aromatic N) is 3. The molecule has 0 spiro atoms. The molecule has 0 saturated heterocycles. The van der Waals surface area contributed by atoms with Gasteiger partial charge in [0.15, 0.2) is 10.8 Å². The van der Waals surface area contributed by atoms with E-state index in [0.29, 0.717) is 26.9 Å². The van der Waals surface area contributed by atoms with Gasteiger partial charge >= 0.3 is 0 Å². The summed E-state index contributed by atoms with van der Waals surface area (Å²) in [6.07, 6.45) is 4.01. The Hall–Kier alpha value is -2.38. The Bertz CT molecular complexity index is 1110. The van der Waals surface area contributed by atoms with Crippen LogP contribution >= 0.6 is 23.4 Å². The van der Waals surface area contributed by atoms with E-state index in [2.05, 4.69) is 9.97 Å². The smallest absolute Gasteiger partial charge is 0.268 e. The lowest BCUT2D eigenvalue weighted by Crippen LogP contribution is -2.24. The van der Waals surface area contributed by atoms with Crippen LogP contribution in [0.1, 0.15) is 24.1 Å². The summed E-state index contributed by atoms with van der Waals surface area (Å²) in [5.41, 5.74) is 8.17. The van der Waals surface area contributed by atoms with Crippen LogP contribution in [0.5, 0.6) is 0 Å². The summed E-state index contributed by atoms with van der Waals surface area (Å²) in [5, 5.41) is 1.35. The van der Waals surface area contributed by atoms with E-state index in [4.69, 9.17) is 17.3 Å². The zero-order valence-electron chi connectivity index (χ0n) is 14.4. The molecule has 1 aliphatic rings. The van der Waals surface area contributed by atoms with Crippen molar-refractivity contribution in [2.24, 2.45) is 5.73 Å². The molecule has 1 aliphatic carbocycles. The number of rotatable bonds is 4. The number of carbonyl (C=O) groups is 1. The number of thioether (sulfide) groups is 1. The molecule has 0 atom stereocenters. The monoisotopic (exact) mass is 400 g/mol. The predicted molar refractivity (Wildman–Crippen MR) is 107 cm³/mol. The Balaban J connectivity index is 1.97. The zero-order chi connectivity index (χ0) is 19.0. The quantitative estimate of drug-likeness (QED) is 0.537. The number of amides is 1. The molecule has 8 heteroatoms. The molecule has 0 saturated carbocycles. The van der Waals surface area contributed by atoms with Gasteiger partial charge in [0.05, 0.1) is 16.8 Å². The van der Waals surface area contributed by atoms with E-state index in [-0.39, 0.29) is 11.3 Å². The molecule has 0 bridgehead atoms. The molecule has 2 N–H and O–H groups in total. The van der Waals surface area contributed by atoms with Gasteiger partial charge in [-0.25, -0.2) is 9.97 Å². The fourth-order valence-electron chi connectivity index (χ4n) is 3.29. The van der Waals surface area contributed by atoms with Crippen molar-refractivity contribution in [3.05, 3.63) is 57.0 Å². The molecule has 4 rings (SSSR count). The number of aromatic nitrogens is 3. The number of halogens is 1.